The summed E-state index contributed by atoms with van der Waals surface area (Å²) < 4.78 is 14.1. The summed E-state index contributed by atoms with van der Waals surface area (Å²) in [5.41, 5.74) is 2.58. The molecule has 1 fully saturated rings. The molecule has 158 valence electrons. The first-order valence-corrected chi connectivity index (χ1v) is 10.2. The lowest BCUT2D eigenvalue weighted by Gasteiger charge is -2.09. The molecule has 0 saturated heterocycles. The third-order valence-corrected chi connectivity index (χ3v) is 5.42. The SMILES string of the molecule is COc1cccc(-n2c(=O)n(Cc3ccccc3OC)c3cnc(NC4CC4)nc32)c1. The van der Waals surface area contributed by atoms with Gasteiger partial charge in [0.25, 0.3) is 0 Å². The van der Waals surface area contributed by atoms with Crippen molar-refractivity contribution in [3.8, 4) is 17.2 Å². The Morgan fingerprint density at radius 2 is 1.94 bits per heavy atom. The predicted octanol–water partition coefficient (Wildman–Crippen LogP) is 3.22. The summed E-state index contributed by atoms with van der Waals surface area (Å²) in [5.74, 6) is 1.92. The number of hydrogen-bond acceptors (Lipinski definition) is 6. The average molecular weight is 417 g/mol. The zero-order valence-electron chi connectivity index (χ0n) is 17.4. The molecule has 0 spiro atoms. The number of hydrogen-bond donors (Lipinski definition) is 1. The molecule has 2 aromatic carbocycles. The Morgan fingerprint density at radius 3 is 2.71 bits per heavy atom. The van der Waals surface area contributed by atoms with E-state index in [0.717, 1.165) is 24.2 Å². The van der Waals surface area contributed by atoms with E-state index in [-0.39, 0.29) is 5.69 Å². The molecule has 1 N–H and O–H groups in total. The second-order valence-electron chi connectivity index (χ2n) is 7.54. The largest absolute Gasteiger partial charge is 0.497 e. The van der Waals surface area contributed by atoms with Gasteiger partial charge in [-0.2, -0.15) is 4.98 Å². The molecule has 0 aliphatic heterocycles. The minimum Gasteiger partial charge on any atom is -0.497 e. The lowest BCUT2D eigenvalue weighted by Crippen LogP contribution is -2.24. The van der Waals surface area contributed by atoms with Gasteiger partial charge in [0.15, 0.2) is 5.65 Å². The zero-order chi connectivity index (χ0) is 21.4. The lowest BCUT2D eigenvalue weighted by atomic mass is 10.2. The fraction of sp³-hybridized carbons (Fsp3) is 0.261. The van der Waals surface area contributed by atoms with Crippen LogP contribution in [0, 0.1) is 0 Å². The van der Waals surface area contributed by atoms with Gasteiger partial charge in [-0.05, 0) is 31.0 Å². The number of rotatable bonds is 7. The molecule has 0 atom stereocenters. The van der Waals surface area contributed by atoms with Crippen LogP contribution in [0.2, 0.25) is 0 Å². The van der Waals surface area contributed by atoms with Crippen LogP contribution in [0.25, 0.3) is 16.9 Å². The minimum atomic E-state index is -0.202. The van der Waals surface area contributed by atoms with Crippen LogP contribution < -0.4 is 20.5 Å². The Kier molecular flexibility index (Phi) is 4.82. The van der Waals surface area contributed by atoms with E-state index in [2.05, 4.69) is 10.3 Å². The maximum Gasteiger partial charge on any atom is 0.335 e. The normalized spacial score (nSPS) is 13.4. The van der Waals surface area contributed by atoms with Gasteiger partial charge in [0.1, 0.15) is 17.0 Å². The molecule has 2 heterocycles. The number of fused-ring (bicyclic) bond motifs is 1. The van der Waals surface area contributed by atoms with Crippen molar-refractivity contribution >= 4 is 17.1 Å². The van der Waals surface area contributed by atoms with E-state index in [9.17, 15) is 4.79 Å². The number of benzene rings is 2. The molecule has 8 heteroatoms. The Labute approximate surface area is 179 Å². The van der Waals surface area contributed by atoms with Gasteiger partial charge in [-0.15, -0.1) is 0 Å². The van der Waals surface area contributed by atoms with Gasteiger partial charge < -0.3 is 14.8 Å². The van der Waals surface area contributed by atoms with Crippen molar-refractivity contribution in [1.29, 1.82) is 0 Å². The highest BCUT2D eigenvalue weighted by Crippen LogP contribution is 2.26. The summed E-state index contributed by atoms with van der Waals surface area (Å²) >= 11 is 0. The van der Waals surface area contributed by atoms with E-state index in [1.165, 1.54) is 0 Å². The molecular weight excluding hydrogens is 394 g/mol. The number of imidazole rings is 1. The number of ether oxygens (including phenoxy) is 2. The van der Waals surface area contributed by atoms with Gasteiger partial charge in [-0.25, -0.2) is 14.3 Å². The van der Waals surface area contributed by atoms with Gasteiger partial charge >= 0.3 is 5.69 Å². The molecule has 4 aromatic rings. The molecule has 0 unspecified atom stereocenters. The number of nitrogens with one attached hydrogen (secondary N) is 1. The zero-order valence-corrected chi connectivity index (χ0v) is 17.4. The van der Waals surface area contributed by atoms with Crippen LogP contribution in [0.1, 0.15) is 18.4 Å². The number of anilines is 1. The number of para-hydroxylation sites is 1. The van der Waals surface area contributed by atoms with Crippen LogP contribution in [0.15, 0.2) is 59.5 Å². The van der Waals surface area contributed by atoms with Crippen LogP contribution >= 0.6 is 0 Å². The fourth-order valence-corrected chi connectivity index (χ4v) is 3.65. The Morgan fingerprint density at radius 1 is 1.10 bits per heavy atom. The molecule has 0 radical (unpaired) electrons. The summed E-state index contributed by atoms with van der Waals surface area (Å²) in [4.78, 5) is 22.8. The van der Waals surface area contributed by atoms with Crippen molar-refractivity contribution in [3.63, 3.8) is 0 Å². The van der Waals surface area contributed by atoms with Crippen LogP contribution in [0.4, 0.5) is 5.95 Å². The second kappa shape index (κ2) is 7.79. The first kappa shape index (κ1) is 19.2. The van der Waals surface area contributed by atoms with Crippen molar-refractivity contribution < 1.29 is 9.47 Å². The first-order chi connectivity index (χ1) is 15.2. The van der Waals surface area contributed by atoms with Gasteiger partial charge in [0.2, 0.25) is 5.95 Å². The molecular formula is C23H23N5O3. The second-order valence-corrected chi connectivity index (χ2v) is 7.54. The van der Waals surface area contributed by atoms with Crippen molar-refractivity contribution in [3.05, 3.63) is 70.8 Å². The molecule has 5 rings (SSSR count). The summed E-state index contributed by atoms with van der Waals surface area (Å²) in [7, 11) is 3.23. The molecule has 0 amide bonds. The first-order valence-electron chi connectivity index (χ1n) is 10.2. The van der Waals surface area contributed by atoms with Crippen molar-refractivity contribution in [2.75, 3.05) is 19.5 Å². The van der Waals surface area contributed by atoms with E-state index < -0.39 is 0 Å². The van der Waals surface area contributed by atoms with Gasteiger partial charge in [-0.3, -0.25) is 4.57 Å². The van der Waals surface area contributed by atoms with Crippen LogP contribution in [-0.2, 0) is 6.54 Å². The minimum absolute atomic E-state index is 0.202. The smallest absolute Gasteiger partial charge is 0.335 e. The molecule has 1 aliphatic rings. The summed E-state index contributed by atoms with van der Waals surface area (Å²) in [6, 6.07) is 15.5. The highest BCUT2D eigenvalue weighted by Gasteiger charge is 2.24. The summed E-state index contributed by atoms with van der Waals surface area (Å²) in [6.45, 7) is 0.342. The highest BCUT2D eigenvalue weighted by atomic mass is 16.5. The lowest BCUT2D eigenvalue weighted by molar-refractivity contribution is 0.408. The van der Waals surface area contributed by atoms with Crippen LogP contribution in [-0.4, -0.2) is 39.4 Å². The number of aromatic nitrogens is 4. The molecule has 1 aliphatic carbocycles. The molecule has 8 nitrogen and oxygen atoms in total. The number of nitrogens with zero attached hydrogens (tertiary/aromatic N) is 4. The maximum absolute atomic E-state index is 13.6. The average Bonchev–Trinajstić information content (AvgIpc) is 3.58. The van der Waals surface area contributed by atoms with Crippen molar-refractivity contribution in [2.24, 2.45) is 0 Å². The standard InChI is InChI=1S/C23H23N5O3/c1-30-18-8-5-7-17(12-18)28-21-19(13-24-22(26-21)25-16-10-11-16)27(23(28)29)14-15-6-3-4-9-20(15)31-2/h3-9,12-13,16H,10-11,14H2,1-2H3,(H,24,25,26). The number of methoxy groups -OCH3 is 2. The third-order valence-electron chi connectivity index (χ3n) is 5.42. The predicted molar refractivity (Wildman–Crippen MR) is 118 cm³/mol. The topological polar surface area (TPSA) is 83.2 Å². The van der Waals surface area contributed by atoms with Crippen molar-refractivity contribution in [2.45, 2.75) is 25.4 Å². The van der Waals surface area contributed by atoms with E-state index in [1.807, 2.05) is 48.5 Å². The van der Waals surface area contributed by atoms with Crippen molar-refractivity contribution in [1.82, 2.24) is 19.1 Å². The summed E-state index contributed by atoms with van der Waals surface area (Å²) in [6.07, 6.45) is 3.93. The van der Waals surface area contributed by atoms with Gasteiger partial charge in [0.05, 0.1) is 32.6 Å². The van der Waals surface area contributed by atoms with E-state index in [4.69, 9.17) is 14.5 Å². The maximum atomic E-state index is 13.6. The quantitative estimate of drug-likeness (QED) is 0.497. The fourth-order valence-electron chi connectivity index (χ4n) is 3.65. The van der Waals surface area contributed by atoms with Crippen LogP contribution in [0.3, 0.4) is 0 Å². The Balaban J connectivity index is 1.70. The third kappa shape index (κ3) is 3.61. The van der Waals surface area contributed by atoms with E-state index in [0.29, 0.717) is 41.1 Å². The summed E-state index contributed by atoms with van der Waals surface area (Å²) in [5, 5.41) is 3.31. The molecule has 1 saturated carbocycles. The highest BCUT2D eigenvalue weighted by molar-refractivity contribution is 5.74. The molecule has 0 bridgehead atoms. The molecule has 31 heavy (non-hydrogen) atoms. The van der Waals surface area contributed by atoms with Gasteiger partial charge in [0, 0.05) is 17.7 Å². The Bertz CT molecular complexity index is 1310. The monoisotopic (exact) mass is 417 g/mol. The van der Waals surface area contributed by atoms with E-state index in [1.54, 1.807) is 29.6 Å². The van der Waals surface area contributed by atoms with Gasteiger partial charge in [-0.1, -0.05) is 24.3 Å². The molecule has 2 aromatic heterocycles. The Hall–Kier alpha value is -3.81. The van der Waals surface area contributed by atoms with E-state index >= 15 is 0 Å². The van der Waals surface area contributed by atoms with Crippen LogP contribution in [0.5, 0.6) is 11.5 Å².